The molecule has 12 heteroatoms. The maximum absolute atomic E-state index is 13.1. The van der Waals surface area contributed by atoms with E-state index in [1.807, 2.05) is 35.5 Å². The van der Waals surface area contributed by atoms with Crippen molar-refractivity contribution in [1.29, 1.82) is 0 Å². The SMILES string of the molecule is O=C(O)C(F)(F)F.O=C(c1cc(-c2cnc(-c3cccnc3)nc2)cn1CC1CC1)N1CCOCC1. The van der Waals surface area contributed by atoms with Crippen LogP contribution in [0.5, 0.6) is 0 Å². The van der Waals surface area contributed by atoms with Gasteiger partial charge in [-0.3, -0.25) is 9.78 Å². The molecule has 1 saturated heterocycles. The Kier molecular flexibility index (Phi) is 7.63. The minimum absolute atomic E-state index is 0.0769. The van der Waals surface area contributed by atoms with E-state index >= 15 is 0 Å². The number of halogens is 3. The van der Waals surface area contributed by atoms with E-state index in [-0.39, 0.29) is 5.91 Å². The summed E-state index contributed by atoms with van der Waals surface area (Å²) < 4.78 is 39.2. The van der Waals surface area contributed by atoms with E-state index in [1.165, 1.54) is 12.8 Å². The van der Waals surface area contributed by atoms with Gasteiger partial charge in [-0.2, -0.15) is 13.2 Å². The highest BCUT2D eigenvalue weighted by molar-refractivity contribution is 5.94. The Bertz CT molecular complexity index is 1190. The molecule has 0 radical (unpaired) electrons. The Labute approximate surface area is 204 Å². The number of aromatic nitrogens is 4. The van der Waals surface area contributed by atoms with Gasteiger partial charge in [0, 0.05) is 67.3 Å². The van der Waals surface area contributed by atoms with Crippen LogP contribution in [0.1, 0.15) is 23.3 Å². The topological polar surface area (TPSA) is 110 Å². The van der Waals surface area contributed by atoms with Crippen LogP contribution >= 0.6 is 0 Å². The largest absolute Gasteiger partial charge is 0.490 e. The number of nitrogens with zero attached hydrogens (tertiary/aromatic N) is 5. The molecule has 1 aliphatic heterocycles. The number of morpholine rings is 1. The first-order valence-electron chi connectivity index (χ1n) is 11.3. The number of aliphatic carboxylic acids is 1. The summed E-state index contributed by atoms with van der Waals surface area (Å²) in [7, 11) is 0. The van der Waals surface area contributed by atoms with Crippen molar-refractivity contribution in [3.63, 3.8) is 0 Å². The number of hydrogen-bond acceptors (Lipinski definition) is 6. The lowest BCUT2D eigenvalue weighted by Gasteiger charge is -2.27. The molecule has 2 aliphatic rings. The average Bonchev–Trinajstić information content (AvgIpc) is 3.61. The van der Waals surface area contributed by atoms with Crippen LogP contribution in [0, 0.1) is 5.92 Å². The van der Waals surface area contributed by atoms with Gasteiger partial charge in [0.15, 0.2) is 5.82 Å². The smallest absolute Gasteiger partial charge is 0.475 e. The number of pyridine rings is 1. The van der Waals surface area contributed by atoms with Crippen molar-refractivity contribution in [2.75, 3.05) is 26.3 Å². The highest BCUT2D eigenvalue weighted by Gasteiger charge is 2.38. The molecule has 3 aromatic heterocycles. The minimum Gasteiger partial charge on any atom is -0.475 e. The molecule has 36 heavy (non-hydrogen) atoms. The van der Waals surface area contributed by atoms with Crippen LogP contribution in [0.15, 0.2) is 49.2 Å². The Balaban J connectivity index is 0.000000384. The lowest BCUT2D eigenvalue weighted by Crippen LogP contribution is -2.41. The van der Waals surface area contributed by atoms with Crippen molar-refractivity contribution in [2.45, 2.75) is 25.6 Å². The number of hydrogen-bond donors (Lipinski definition) is 1. The highest BCUT2D eigenvalue weighted by atomic mass is 19.4. The molecule has 1 N–H and O–H groups in total. The van der Waals surface area contributed by atoms with Crippen molar-refractivity contribution < 1.29 is 32.6 Å². The number of carboxylic acid groups (broad SMARTS) is 1. The summed E-state index contributed by atoms with van der Waals surface area (Å²) in [5.41, 5.74) is 3.50. The highest BCUT2D eigenvalue weighted by Crippen LogP contribution is 2.33. The van der Waals surface area contributed by atoms with Gasteiger partial charge in [0.05, 0.1) is 13.2 Å². The van der Waals surface area contributed by atoms with Gasteiger partial charge >= 0.3 is 12.1 Å². The molecule has 1 aliphatic carbocycles. The van der Waals surface area contributed by atoms with Crippen molar-refractivity contribution in [1.82, 2.24) is 24.4 Å². The maximum Gasteiger partial charge on any atom is 0.490 e. The summed E-state index contributed by atoms with van der Waals surface area (Å²) in [6.45, 7) is 3.38. The third-order valence-electron chi connectivity index (χ3n) is 5.71. The summed E-state index contributed by atoms with van der Waals surface area (Å²) in [6, 6.07) is 5.78. The van der Waals surface area contributed by atoms with E-state index in [0.717, 1.165) is 28.9 Å². The molecule has 0 aromatic carbocycles. The van der Waals surface area contributed by atoms with Gasteiger partial charge in [-0.25, -0.2) is 14.8 Å². The van der Waals surface area contributed by atoms with Crippen LogP contribution in [-0.2, 0) is 16.1 Å². The molecule has 1 amide bonds. The molecule has 0 unspecified atom stereocenters. The standard InChI is InChI=1S/C22H23N5O2.C2HF3O2/c28-22(26-6-8-29-9-7-26)20-10-18(15-27(20)14-16-3-4-16)19-12-24-21(25-13-19)17-2-1-5-23-11-17;3-2(4,5)1(6)7/h1-2,5,10-13,15-16H,3-4,6-9,14H2;(H,6,7). The van der Waals surface area contributed by atoms with E-state index in [0.29, 0.717) is 38.0 Å². The number of ether oxygens (including phenoxy) is 1. The fourth-order valence-corrected chi connectivity index (χ4v) is 3.63. The van der Waals surface area contributed by atoms with Crippen molar-refractivity contribution >= 4 is 11.9 Å². The first kappa shape index (κ1) is 25.3. The van der Waals surface area contributed by atoms with Crippen LogP contribution in [0.3, 0.4) is 0 Å². The summed E-state index contributed by atoms with van der Waals surface area (Å²) in [5, 5.41) is 7.12. The average molecular weight is 503 g/mol. The molecular weight excluding hydrogens is 479 g/mol. The van der Waals surface area contributed by atoms with E-state index in [9.17, 15) is 18.0 Å². The number of rotatable bonds is 5. The predicted molar refractivity (Wildman–Crippen MR) is 122 cm³/mol. The fourth-order valence-electron chi connectivity index (χ4n) is 3.63. The third kappa shape index (κ3) is 6.45. The van der Waals surface area contributed by atoms with Crippen LogP contribution in [-0.4, -0.2) is 73.9 Å². The minimum atomic E-state index is -5.08. The second-order valence-electron chi connectivity index (χ2n) is 8.45. The predicted octanol–water partition coefficient (Wildman–Crippen LogP) is 3.52. The second-order valence-corrected chi connectivity index (χ2v) is 8.45. The van der Waals surface area contributed by atoms with Gasteiger partial charge in [0.1, 0.15) is 5.69 Å². The zero-order chi connectivity index (χ0) is 25.7. The van der Waals surface area contributed by atoms with Gasteiger partial charge in [-0.15, -0.1) is 0 Å². The molecule has 1 saturated carbocycles. The quantitative estimate of drug-likeness (QED) is 0.567. The molecule has 3 aromatic rings. The molecule has 2 fully saturated rings. The van der Waals surface area contributed by atoms with Gasteiger partial charge in [0.25, 0.3) is 5.91 Å². The number of carbonyl (C=O) groups excluding carboxylic acids is 1. The third-order valence-corrected chi connectivity index (χ3v) is 5.71. The van der Waals surface area contributed by atoms with E-state index in [1.54, 1.807) is 12.4 Å². The number of amides is 1. The lowest BCUT2D eigenvalue weighted by atomic mass is 10.1. The van der Waals surface area contributed by atoms with Crippen LogP contribution < -0.4 is 0 Å². The fraction of sp³-hybridized carbons (Fsp3) is 0.375. The van der Waals surface area contributed by atoms with Gasteiger partial charge in [0.2, 0.25) is 0 Å². The molecule has 190 valence electrons. The van der Waals surface area contributed by atoms with E-state index < -0.39 is 12.1 Å². The van der Waals surface area contributed by atoms with Gasteiger partial charge < -0.3 is 19.3 Å². The Hall–Kier alpha value is -3.80. The zero-order valence-electron chi connectivity index (χ0n) is 19.2. The van der Waals surface area contributed by atoms with Crippen molar-refractivity contribution in [2.24, 2.45) is 5.92 Å². The number of carboxylic acids is 1. The Morgan fingerprint density at radius 1 is 1.06 bits per heavy atom. The Morgan fingerprint density at radius 2 is 1.72 bits per heavy atom. The summed E-state index contributed by atoms with van der Waals surface area (Å²) >= 11 is 0. The van der Waals surface area contributed by atoms with E-state index in [2.05, 4.69) is 25.7 Å². The molecule has 0 atom stereocenters. The van der Waals surface area contributed by atoms with Crippen LogP contribution in [0.25, 0.3) is 22.5 Å². The van der Waals surface area contributed by atoms with Gasteiger partial charge in [-0.1, -0.05) is 0 Å². The zero-order valence-corrected chi connectivity index (χ0v) is 19.2. The van der Waals surface area contributed by atoms with Crippen molar-refractivity contribution in [3.8, 4) is 22.5 Å². The summed E-state index contributed by atoms with van der Waals surface area (Å²) in [5.74, 6) is -1.36. The summed E-state index contributed by atoms with van der Waals surface area (Å²) in [4.78, 5) is 37.0. The van der Waals surface area contributed by atoms with Crippen LogP contribution in [0.2, 0.25) is 0 Å². The first-order valence-corrected chi connectivity index (χ1v) is 11.3. The molecule has 9 nitrogen and oxygen atoms in total. The molecule has 5 rings (SSSR count). The molecule has 0 bridgehead atoms. The maximum atomic E-state index is 13.1. The number of carbonyl (C=O) groups is 2. The lowest BCUT2D eigenvalue weighted by molar-refractivity contribution is -0.192. The normalized spacial score (nSPS) is 15.7. The second kappa shape index (κ2) is 10.9. The monoisotopic (exact) mass is 503 g/mol. The molecular formula is C24H24F3N5O4. The molecule has 4 heterocycles. The van der Waals surface area contributed by atoms with E-state index in [4.69, 9.17) is 14.6 Å². The Morgan fingerprint density at radius 3 is 2.28 bits per heavy atom. The summed E-state index contributed by atoms with van der Waals surface area (Å²) in [6.07, 6.45) is 6.57. The number of alkyl halides is 3. The first-order chi connectivity index (χ1) is 17.2. The molecule has 0 spiro atoms. The van der Waals surface area contributed by atoms with Gasteiger partial charge in [-0.05, 0) is 37.0 Å². The van der Waals surface area contributed by atoms with Crippen molar-refractivity contribution in [3.05, 3.63) is 54.9 Å². The van der Waals surface area contributed by atoms with Crippen LogP contribution in [0.4, 0.5) is 13.2 Å².